The number of aryl methyl sites for hydroxylation is 2. The molecule has 94 valence electrons. The lowest BCUT2D eigenvalue weighted by Crippen LogP contribution is -2.16. The summed E-state index contributed by atoms with van der Waals surface area (Å²) in [5.74, 6) is 0.988. The van der Waals surface area contributed by atoms with Crippen LogP contribution >= 0.6 is 11.3 Å². The maximum atomic E-state index is 6.34. The van der Waals surface area contributed by atoms with E-state index < -0.39 is 0 Å². The first-order valence-corrected chi connectivity index (χ1v) is 7.00. The Morgan fingerprint density at radius 2 is 2.33 bits per heavy atom. The van der Waals surface area contributed by atoms with Crippen molar-refractivity contribution in [3.8, 4) is 5.75 Å². The molecule has 2 aromatic rings. The van der Waals surface area contributed by atoms with Gasteiger partial charge in [0.15, 0.2) is 0 Å². The van der Waals surface area contributed by atoms with Crippen LogP contribution in [-0.4, -0.2) is 11.6 Å². The maximum absolute atomic E-state index is 6.34. The number of ether oxygens (including phenoxy) is 1. The summed E-state index contributed by atoms with van der Waals surface area (Å²) >= 11 is 1.65. The summed E-state index contributed by atoms with van der Waals surface area (Å²) in [4.78, 5) is 5.37. The molecule has 3 rings (SSSR count). The summed E-state index contributed by atoms with van der Waals surface area (Å²) in [6.45, 7) is 2.79. The average molecular weight is 260 g/mol. The Bertz CT molecular complexity index is 565. The van der Waals surface area contributed by atoms with Gasteiger partial charge in [-0.2, -0.15) is 0 Å². The predicted molar refractivity (Wildman–Crippen MR) is 73.1 cm³/mol. The maximum Gasteiger partial charge on any atom is 0.127 e. The lowest BCUT2D eigenvalue weighted by atomic mass is 9.98. The molecule has 0 aliphatic carbocycles. The van der Waals surface area contributed by atoms with Crippen molar-refractivity contribution in [3.05, 3.63) is 45.4 Å². The fourth-order valence-electron chi connectivity index (χ4n) is 2.33. The summed E-state index contributed by atoms with van der Waals surface area (Å²) in [6.07, 6.45) is 4.04. The van der Waals surface area contributed by atoms with Gasteiger partial charge < -0.3 is 10.5 Å². The van der Waals surface area contributed by atoms with Gasteiger partial charge in [-0.05, 0) is 25.3 Å². The largest absolute Gasteiger partial charge is 0.493 e. The van der Waals surface area contributed by atoms with Gasteiger partial charge in [0.2, 0.25) is 0 Å². The molecular weight excluding hydrogens is 244 g/mol. The van der Waals surface area contributed by atoms with Crippen LogP contribution in [0.15, 0.2) is 24.4 Å². The third-order valence-corrected chi connectivity index (χ3v) is 4.24. The number of benzene rings is 1. The van der Waals surface area contributed by atoms with Crippen molar-refractivity contribution in [2.45, 2.75) is 25.8 Å². The Kier molecular flexibility index (Phi) is 3.06. The van der Waals surface area contributed by atoms with Gasteiger partial charge >= 0.3 is 0 Å². The van der Waals surface area contributed by atoms with Crippen molar-refractivity contribution in [3.63, 3.8) is 0 Å². The summed E-state index contributed by atoms with van der Waals surface area (Å²) in [5, 5.41) is 1.05. The topological polar surface area (TPSA) is 48.1 Å². The second-order valence-electron chi connectivity index (χ2n) is 4.55. The molecule has 1 aromatic heterocycles. The molecule has 0 radical (unpaired) electrons. The first-order chi connectivity index (χ1) is 8.75. The lowest BCUT2D eigenvalue weighted by molar-refractivity contribution is 0.284. The molecule has 4 heteroatoms. The Morgan fingerprint density at radius 3 is 3.11 bits per heavy atom. The molecule has 3 nitrogen and oxygen atoms in total. The number of thiazole rings is 1. The molecule has 0 saturated carbocycles. The number of fused-ring (bicyclic) bond motifs is 1. The number of hydrogen-bond donors (Lipinski definition) is 1. The SMILES string of the molecule is Cc1ncc(C(N)c2cccc3c2OCCC3)s1. The zero-order valence-electron chi connectivity index (χ0n) is 10.3. The molecule has 0 amide bonds. The number of nitrogens with two attached hydrogens (primary N) is 1. The van der Waals surface area contributed by atoms with Gasteiger partial charge in [-0.1, -0.05) is 18.2 Å². The van der Waals surface area contributed by atoms with E-state index in [0.29, 0.717) is 0 Å². The number of rotatable bonds is 2. The normalized spacial score (nSPS) is 15.9. The molecule has 1 aliphatic rings. The van der Waals surface area contributed by atoms with Gasteiger partial charge in [0.1, 0.15) is 5.75 Å². The van der Waals surface area contributed by atoms with E-state index in [1.54, 1.807) is 11.3 Å². The van der Waals surface area contributed by atoms with E-state index in [1.165, 1.54) is 5.56 Å². The van der Waals surface area contributed by atoms with Gasteiger partial charge in [-0.15, -0.1) is 11.3 Å². The minimum atomic E-state index is -0.135. The van der Waals surface area contributed by atoms with Crippen LogP contribution in [0.1, 0.15) is 33.5 Å². The van der Waals surface area contributed by atoms with E-state index >= 15 is 0 Å². The third kappa shape index (κ3) is 2.02. The molecule has 1 unspecified atom stereocenters. The highest BCUT2D eigenvalue weighted by Gasteiger charge is 2.20. The minimum Gasteiger partial charge on any atom is -0.493 e. The molecule has 0 bridgehead atoms. The smallest absolute Gasteiger partial charge is 0.127 e. The molecule has 1 aliphatic heterocycles. The Hall–Kier alpha value is -1.39. The van der Waals surface area contributed by atoms with Gasteiger partial charge in [0.05, 0.1) is 17.7 Å². The molecule has 2 N–H and O–H groups in total. The number of hydrogen-bond acceptors (Lipinski definition) is 4. The van der Waals surface area contributed by atoms with Crippen molar-refractivity contribution in [2.75, 3.05) is 6.61 Å². The Morgan fingerprint density at radius 1 is 1.44 bits per heavy atom. The molecule has 1 aromatic carbocycles. The van der Waals surface area contributed by atoms with Gasteiger partial charge in [-0.25, -0.2) is 4.98 Å². The van der Waals surface area contributed by atoms with Gasteiger partial charge in [0.25, 0.3) is 0 Å². The van der Waals surface area contributed by atoms with E-state index in [0.717, 1.165) is 40.6 Å². The molecule has 0 saturated heterocycles. The third-order valence-electron chi connectivity index (χ3n) is 3.24. The number of nitrogens with zero attached hydrogens (tertiary/aromatic N) is 1. The Balaban J connectivity index is 2.01. The summed E-state index contributed by atoms with van der Waals surface area (Å²) < 4.78 is 5.81. The van der Waals surface area contributed by atoms with Gasteiger partial charge in [0, 0.05) is 16.6 Å². The van der Waals surface area contributed by atoms with Crippen molar-refractivity contribution >= 4 is 11.3 Å². The molecular formula is C14H16N2OS. The molecule has 1 atom stereocenters. The average Bonchev–Trinajstić information content (AvgIpc) is 2.84. The van der Waals surface area contributed by atoms with Crippen LogP contribution in [0.25, 0.3) is 0 Å². The van der Waals surface area contributed by atoms with Crippen LogP contribution < -0.4 is 10.5 Å². The first kappa shape index (κ1) is 11.7. The second kappa shape index (κ2) is 4.71. The van der Waals surface area contributed by atoms with Crippen LogP contribution in [0.4, 0.5) is 0 Å². The van der Waals surface area contributed by atoms with E-state index in [-0.39, 0.29) is 6.04 Å². The summed E-state index contributed by atoms with van der Waals surface area (Å²) in [5.41, 5.74) is 8.70. The van der Waals surface area contributed by atoms with Crippen molar-refractivity contribution < 1.29 is 4.74 Å². The lowest BCUT2D eigenvalue weighted by Gasteiger charge is -2.22. The van der Waals surface area contributed by atoms with Crippen molar-refractivity contribution in [1.29, 1.82) is 0 Å². The Labute approximate surface area is 111 Å². The predicted octanol–water partition coefficient (Wildman–Crippen LogP) is 2.82. The fraction of sp³-hybridized carbons (Fsp3) is 0.357. The second-order valence-corrected chi connectivity index (χ2v) is 5.81. The summed E-state index contributed by atoms with van der Waals surface area (Å²) in [7, 11) is 0. The van der Waals surface area contributed by atoms with Crippen molar-refractivity contribution in [2.24, 2.45) is 5.73 Å². The minimum absolute atomic E-state index is 0.135. The fourth-order valence-corrected chi connectivity index (χ4v) is 3.14. The molecule has 0 spiro atoms. The molecule has 18 heavy (non-hydrogen) atoms. The van der Waals surface area contributed by atoms with Crippen LogP contribution in [0.3, 0.4) is 0 Å². The van der Waals surface area contributed by atoms with Crippen LogP contribution in [0.5, 0.6) is 5.75 Å². The van der Waals surface area contributed by atoms with E-state index in [2.05, 4.69) is 23.2 Å². The standard InChI is InChI=1S/C14H16N2OS/c1-9-16-8-12(18-9)13(15)11-6-2-4-10-5-3-7-17-14(10)11/h2,4,6,8,13H,3,5,7,15H2,1H3. The summed E-state index contributed by atoms with van der Waals surface area (Å²) in [6, 6.07) is 6.12. The monoisotopic (exact) mass is 260 g/mol. The quantitative estimate of drug-likeness (QED) is 0.903. The first-order valence-electron chi connectivity index (χ1n) is 6.18. The van der Waals surface area contributed by atoms with E-state index in [9.17, 15) is 0 Å². The highest BCUT2D eigenvalue weighted by atomic mass is 32.1. The zero-order chi connectivity index (χ0) is 12.5. The van der Waals surface area contributed by atoms with E-state index in [4.69, 9.17) is 10.5 Å². The highest BCUT2D eigenvalue weighted by Crippen LogP contribution is 2.35. The van der Waals surface area contributed by atoms with Gasteiger partial charge in [-0.3, -0.25) is 0 Å². The number of para-hydroxylation sites is 1. The zero-order valence-corrected chi connectivity index (χ0v) is 11.2. The van der Waals surface area contributed by atoms with Crippen LogP contribution in [0, 0.1) is 6.92 Å². The van der Waals surface area contributed by atoms with E-state index in [1.807, 2.05) is 13.1 Å². The highest BCUT2D eigenvalue weighted by molar-refractivity contribution is 7.11. The van der Waals surface area contributed by atoms with Crippen LogP contribution in [-0.2, 0) is 6.42 Å². The molecule has 2 heterocycles. The molecule has 0 fully saturated rings. The number of aromatic nitrogens is 1. The van der Waals surface area contributed by atoms with Crippen LogP contribution in [0.2, 0.25) is 0 Å². The van der Waals surface area contributed by atoms with Crippen molar-refractivity contribution in [1.82, 2.24) is 4.98 Å².